The molecule has 0 spiro atoms. The Morgan fingerprint density at radius 2 is 1.75 bits per heavy atom. The van der Waals surface area contributed by atoms with Crippen molar-refractivity contribution in [3.8, 4) is 11.3 Å². The lowest BCUT2D eigenvalue weighted by Gasteiger charge is -2.12. The number of rotatable bonds is 4. The summed E-state index contributed by atoms with van der Waals surface area (Å²) in [4.78, 5) is 27.7. The summed E-state index contributed by atoms with van der Waals surface area (Å²) in [6, 6.07) is 8.98. The number of benzene rings is 1. The third kappa shape index (κ3) is 3.27. The van der Waals surface area contributed by atoms with Crippen molar-refractivity contribution in [2.45, 2.75) is 6.92 Å². The monoisotopic (exact) mass is 376 g/mol. The Hall–Kier alpha value is -3.81. The lowest BCUT2D eigenvalue weighted by atomic mass is 10.1. The minimum atomic E-state index is -0.542. The van der Waals surface area contributed by atoms with Crippen molar-refractivity contribution in [2.24, 2.45) is 0 Å². The van der Waals surface area contributed by atoms with Crippen LogP contribution in [0.15, 0.2) is 53.7 Å². The van der Waals surface area contributed by atoms with E-state index in [0.29, 0.717) is 22.8 Å². The predicted molar refractivity (Wildman–Crippen MR) is 107 cm³/mol. The molecule has 140 valence electrons. The lowest BCUT2D eigenvalue weighted by molar-refractivity contribution is 0.633. The highest BCUT2D eigenvalue weighted by molar-refractivity contribution is 5.95. The molecule has 7 nitrogen and oxygen atoms in total. The molecule has 0 fully saturated rings. The van der Waals surface area contributed by atoms with Crippen LogP contribution in [0.2, 0.25) is 0 Å². The molecule has 3 heterocycles. The van der Waals surface area contributed by atoms with Crippen molar-refractivity contribution in [1.82, 2.24) is 19.9 Å². The first kappa shape index (κ1) is 17.6. The summed E-state index contributed by atoms with van der Waals surface area (Å²) in [5, 5.41) is 6.48. The molecule has 28 heavy (non-hydrogen) atoms. The molecule has 0 atom stereocenters. The summed E-state index contributed by atoms with van der Waals surface area (Å²) in [5.74, 6) is 0.334. The molecule has 0 saturated carbocycles. The van der Waals surface area contributed by atoms with Gasteiger partial charge in [0, 0.05) is 48.0 Å². The van der Waals surface area contributed by atoms with E-state index in [4.69, 9.17) is 0 Å². The molecule has 0 aliphatic carbocycles. The second kappa shape index (κ2) is 7.07. The van der Waals surface area contributed by atoms with Crippen LogP contribution in [0.25, 0.3) is 22.0 Å². The standard InChI is InChI=1S/C20H17FN6O/c1-11-23-8-12(9-24-11)17-7-15-16(21)10-25-20(28)18(15)19(27-17)26-14-5-3-13(22-2)4-6-14/h3-10,22H,1-2H3,(H,25,28)(H,26,27). The zero-order valence-electron chi connectivity index (χ0n) is 15.2. The largest absolute Gasteiger partial charge is 0.388 e. The molecule has 0 aliphatic rings. The number of fused-ring (bicyclic) bond motifs is 1. The summed E-state index contributed by atoms with van der Waals surface area (Å²) in [5.41, 5.74) is 2.32. The van der Waals surface area contributed by atoms with Gasteiger partial charge in [-0.25, -0.2) is 19.3 Å². The zero-order valence-corrected chi connectivity index (χ0v) is 15.2. The van der Waals surface area contributed by atoms with E-state index in [9.17, 15) is 9.18 Å². The maximum atomic E-state index is 14.5. The summed E-state index contributed by atoms with van der Waals surface area (Å²) in [6.07, 6.45) is 4.28. The number of nitrogens with one attached hydrogen (secondary N) is 3. The Morgan fingerprint density at radius 3 is 2.43 bits per heavy atom. The van der Waals surface area contributed by atoms with Crippen LogP contribution in [0.1, 0.15) is 5.82 Å². The molecule has 0 amide bonds. The second-order valence-electron chi connectivity index (χ2n) is 6.22. The van der Waals surface area contributed by atoms with Gasteiger partial charge in [0.25, 0.3) is 5.56 Å². The van der Waals surface area contributed by atoms with Gasteiger partial charge >= 0.3 is 0 Å². The van der Waals surface area contributed by atoms with Gasteiger partial charge in [-0.1, -0.05) is 0 Å². The summed E-state index contributed by atoms with van der Waals surface area (Å²) in [7, 11) is 1.83. The Bertz CT molecular complexity index is 1200. The van der Waals surface area contributed by atoms with E-state index in [0.717, 1.165) is 11.9 Å². The highest BCUT2D eigenvalue weighted by atomic mass is 19.1. The van der Waals surface area contributed by atoms with Gasteiger partial charge in [0.15, 0.2) is 0 Å². The number of hydrogen-bond donors (Lipinski definition) is 3. The number of anilines is 3. The normalized spacial score (nSPS) is 10.8. The fourth-order valence-corrected chi connectivity index (χ4v) is 2.86. The van der Waals surface area contributed by atoms with E-state index in [2.05, 4.69) is 30.6 Å². The van der Waals surface area contributed by atoms with Gasteiger partial charge < -0.3 is 15.6 Å². The SMILES string of the molecule is CNc1ccc(Nc2nc(-c3cnc(C)nc3)cc3c(F)c[nH]c(=O)c23)cc1. The number of hydrogen-bond acceptors (Lipinski definition) is 6. The third-order valence-corrected chi connectivity index (χ3v) is 4.35. The average Bonchev–Trinajstić information content (AvgIpc) is 2.71. The van der Waals surface area contributed by atoms with E-state index in [1.165, 1.54) is 6.07 Å². The summed E-state index contributed by atoms with van der Waals surface area (Å²) in [6.45, 7) is 1.78. The Kier molecular flexibility index (Phi) is 4.44. The smallest absolute Gasteiger partial charge is 0.259 e. The predicted octanol–water partition coefficient (Wildman–Crippen LogP) is 3.61. The van der Waals surface area contributed by atoms with Gasteiger partial charge in [0.1, 0.15) is 17.5 Å². The van der Waals surface area contributed by atoms with Gasteiger partial charge in [-0.3, -0.25) is 4.79 Å². The lowest BCUT2D eigenvalue weighted by Crippen LogP contribution is -2.11. The van der Waals surface area contributed by atoms with Crippen molar-refractivity contribution in [1.29, 1.82) is 0 Å². The number of halogens is 1. The van der Waals surface area contributed by atoms with Crippen molar-refractivity contribution < 1.29 is 4.39 Å². The van der Waals surface area contributed by atoms with E-state index < -0.39 is 11.4 Å². The summed E-state index contributed by atoms with van der Waals surface area (Å²) < 4.78 is 14.5. The van der Waals surface area contributed by atoms with Crippen molar-refractivity contribution in [3.63, 3.8) is 0 Å². The first-order valence-electron chi connectivity index (χ1n) is 8.61. The van der Waals surface area contributed by atoms with E-state index in [1.54, 1.807) is 19.3 Å². The fraction of sp³-hybridized carbons (Fsp3) is 0.100. The van der Waals surface area contributed by atoms with Crippen LogP contribution < -0.4 is 16.2 Å². The molecule has 0 saturated heterocycles. The van der Waals surface area contributed by atoms with Gasteiger partial charge in [-0.05, 0) is 37.3 Å². The van der Waals surface area contributed by atoms with Crippen LogP contribution in [0.4, 0.5) is 21.6 Å². The molecule has 0 bridgehead atoms. The van der Waals surface area contributed by atoms with Crippen LogP contribution in [-0.2, 0) is 0 Å². The molecule has 0 radical (unpaired) electrons. The first-order chi connectivity index (χ1) is 13.5. The summed E-state index contributed by atoms with van der Waals surface area (Å²) >= 11 is 0. The molecule has 8 heteroatoms. The Labute approximate surface area is 159 Å². The minimum absolute atomic E-state index is 0.148. The zero-order chi connectivity index (χ0) is 19.7. The molecular weight excluding hydrogens is 359 g/mol. The molecule has 0 aliphatic heterocycles. The van der Waals surface area contributed by atoms with E-state index >= 15 is 0 Å². The highest BCUT2D eigenvalue weighted by Crippen LogP contribution is 2.29. The molecule has 3 N–H and O–H groups in total. The van der Waals surface area contributed by atoms with Crippen molar-refractivity contribution >= 4 is 28.0 Å². The number of nitrogens with zero attached hydrogens (tertiary/aromatic N) is 3. The highest BCUT2D eigenvalue weighted by Gasteiger charge is 2.15. The van der Waals surface area contributed by atoms with Gasteiger partial charge in [-0.15, -0.1) is 0 Å². The fourth-order valence-electron chi connectivity index (χ4n) is 2.86. The Morgan fingerprint density at radius 1 is 1.07 bits per heavy atom. The van der Waals surface area contributed by atoms with E-state index in [1.807, 2.05) is 31.3 Å². The third-order valence-electron chi connectivity index (χ3n) is 4.35. The second-order valence-corrected chi connectivity index (χ2v) is 6.22. The van der Waals surface area contributed by atoms with Crippen molar-refractivity contribution in [3.05, 3.63) is 70.9 Å². The number of pyridine rings is 2. The average molecular weight is 376 g/mol. The van der Waals surface area contributed by atoms with Crippen LogP contribution in [0.5, 0.6) is 0 Å². The Balaban J connectivity index is 1.90. The van der Waals surface area contributed by atoms with Gasteiger partial charge in [-0.2, -0.15) is 0 Å². The molecular formula is C20H17FN6O. The minimum Gasteiger partial charge on any atom is -0.388 e. The molecule has 4 aromatic rings. The number of H-pyrrole nitrogens is 1. The van der Waals surface area contributed by atoms with Crippen LogP contribution in [0, 0.1) is 12.7 Å². The van der Waals surface area contributed by atoms with Crippen LogP contribution >= 0.6 is 0 Å². The topological polar surface area (TPSA) is 95.6 Å². The number of aryl methyl sites for hydroxylation is 1. The van der Waals surface area contributed by atoms with Crippen molar-refractivity contribution in [2.75, 3.05) is 17.7 Å². The maximum Gasteiger partial charge on any atom is 0.259 e. The van der Waals surface area contributed by atoms with Gasteiger partial charge in [0.2, 0.25) is 0 Å². The molecule has 4 rings (SSSR count). The van der Waals surface area contributed by atoms with E-state index in [-0.39, 0.29) is 16.6 Å². The van der Waals surface area contributed by atoms with Gasteiger partial charge in [0.05, 0.1) is 11.1 Å². The molecule has 1 aromatic carbocycles. The molecule has 3 aromatic heterocycles. The quantitative estimate of drug-likeness (QED) is 0.504. The first-order valence-corrected chi connectivity index (χ1v) is 8.61. The van der Waals surface area contributed by atoms with Crippen LogP contribution in [0.3, 0.4) is 0 Å². The number of aromatic nitrogens is 4. The van der Waals surface area contributed by atoms with Crippen LogP contribution in [-0.4, -0.2) is 27.0 Å². The molecule has 0 unspecified atom stereocenters. The maximum absolute atomic E-state index is 14.5. The number of aromatic amines is 1.